The number of aryl methyl sites for hydroxylation is 1. The van der Waals surface area contributed by atoms with Crippen LogP contribution in [-0.4, -0.2) is 11.5 Å². The highest BCUT2D eigenvalue weighted by Crippen LogP contribution is 2.12. The summed E-state index contributed by atoms with van der Waals surface area (Å²) in [5.74, 6) is 0. The van der Waals surface area contributed by atoms with Gasteiger partial charge in [-0.05, 0) is 18.6 Å². The second-order valence-corrected chi connectivity index (χ2v) is 2.46. The highest BCUT2D eigenvalue weighted by molar-refractivity contribution is 5.14. The molecule has 0 aromatic carbocycles. The average Bonchev–Trinajstić information content (AvgIpc) is 2.05. The molecule has 0 aliphatic heterocycles. The summed E-state index contributed by atoms with van der Waals surface area (Å²) in [4.78, 5) is 3.89. The third kappa shape index (κ3) is 1.98. The molecule has 0 fully saturated rings. The van der Waals surface area contributed by atoms with E-state index in [0.717, 1.165) is 5.56 Å². The van der Waals surface area contributed by atoms with Crippen LogP contribution in [0.25, 0.3) is 0 Å². The third-order valence-corrected chi connectivity index (χ3v) is 1.46. The standard InChI is InChI=1S/C8H11FN2/c1-6-2-3-8(11-5-6)7(9)4-10/h2-3,5,7H,4,10H2,1H3. The van der Waals surface area contributed by atoms with Crippen LogP contribution in [0.1, 0.15) is 17.4 Å². The molecule has 2 N–H and O–H groups in total. The maximum absolute atomic E-state index is 12.8. The van der Waals surface area contributed by atoms with Gasteiger partial charge in [-0.1, -0.05) is 6.07 Å². The van der Waals surface area contributed by atoms with Crippen molar-refractivity contribution in [2.75, 3.05) is 6.54 Å². The van der Waals surface area contributed by atoms with E-state index < -0.39 is 6.17 Å². The minimum Gasteiger partial charge on any atom is -0.327 e. The Morgan fingerprint density at radius 3 is 2.82 bits per heavy atom. The van der Waals surface area contributed by atoms with E-state index >= 15 is 0 Å². The van der Waals surface area contributed by atoms with E-state index in [1.807, 2.05) is 13.0 Å². The van der Waals surface area contributed by atoms with Gasteiger partial charge in [0.05, 0.1) is 5.69 Å². The fourth-order valence-electron chi connectivity index (χ4n) is 0.785. The van der Waals surface area contributed by atoms with Crippen LogP contribution in [0.2, 0.25) is 0 Å². The maximum atomic E-state index is 12.8. The Morgan fingerprint density at radius 2 is 2.36 bits per heavy atom. The number of halogens is 1. The second kappa shape index (κ2) is 3.44. The molecule has 0 amide bonds. The molecule has 0 saturated carbocycles. The van der Waals surface area contributed by atoms with Gasteiger partial charge in [-0.25, -0.2) is 4.39 Å². The van der Waals surface area contributed by atoms with Gasteiger partial charge >= 0.3 is 0 Å². The van der Waals surface area contributed by atoms with E-state index in [-0.39, 0.29) is 6.54 Å². The molecule has 3 heteroatoms. The number of hydrogen-bond acceptors (Lipinski definition) is 2. The van der Waals surface area contributed by atoms with E-state index in [2.05, 4.69) is 4.98 Å². The van der Waals surface area contributed by atoms with Gasteiger partial charge in [-0.15, -0.1) is 0 Å². The summed E-state index contributed by atoms with van der Waals surface area (Å²) in [5.41, 5.74) is 6.57. The molecule has 2 nitrogen and oxygen atoms in total. The summed E-state index contributed by atoms with van der Waals surface area (Å²) in [6, 6.07) is 3.48. The van der Waals surface area contributed by atoms with Crippen molar-refractivity contribution in [1.82, 2.24) is 4.98 Å². The molecule has 60 valence electrons. The van der Waals surface area contributed by atoms with Crippen molar-refractivity contribution >= 4 is 0 Å². The van der Waals surface area contributed by atoms with E-state index in [1.54, 1.807) is 12.3 Å². The minimum absolute atomic E-state index is 0.00391. The van der Waals surface area contributed by atoms with Gasteiger partial charge in [0.25, 0.3) is 0 Å². The Kier molecular flexibility index (Phi) is 2.54. The van der Waals surface area contributed by atoms with Gasteiger partial charge < -0.3 is 5.73 Å². The van der Waals surface area contributed by atoms with Gasteiger partial charge in [0, 0.05) is 12.7 Å². The molecule has 0 aliphatic carbocycles. The smallest absolute Gasteiger partial charge is 0.154 e. The normalized spacial score (nSPS) is 13.0. The molecule has 0 aliphatic rings. The lowest BCUT2D eigenvalue weighted by Crippen LogP contribution is -2.08. The Labute approximate surface area is 65.3 Å². The van der Waals surface area contributed by atoms with Crippen LogP contribution in [0, 0.1) is 6.92 Å². The zero-order valence-electron chi connectivity index (χ0n) is 6.42. The number of nitrogens with zero attached hydrogens (tertiary/aromatic N) is 1. The highest BCUT2D eigenvalue weighted by Gasteiger charge is 2.06. The van der Waals surface area contributed by atoms with Crippen LogP contribution in [0.5, 0.6) is 0 Å². The molecular formula is C8H11FN2. The van der Waals surface area contributed by atoms with Crippen molar-refractivity contribution in [3.05, 3.63) is 29.6 Å². The zero-order valence-corrected chi connectivity index (χ0v) is 6.42. The minimum atomic E-state index is -1.13. The fraction of sp³-hybridized carbons (Fsp3) is 0.375. The van der Waals surface area contributed by atoms with Crippen molar-refractivity contribution < 1.29 is 4.39 Å². The zero-order chi connectivity index (χ0) is 8.27. The van der Waals surface area contributed by atoms with Crippen molar-refractivity contribution in [1.29, 1.82) is 0 Å². The van der Waals surface area contributed by atoms with Gasteiger partial charge in [-0.3, -0.25) is 4.98 Å². The first-order chi connectivity index (χ1) is 5.24. The van der Waals surface area contributed by atoms with Crippen molar-refractivity contribution in [3.8, 4) is 0 Å². The van der Waals surface area contributed by atoms with Crippen molar-refractivity contribution in [3.63, 3.8) is 0 Å². The van der Waals surface area contributed by atoms with Gasteiger partial charge in [0.2, 0.25) is 0 Å². The molecule has 1 aromatic rings. The summed E-state index contributed by atoms with van der Waals surface area (Å²) in [6.07, 6.45) is 0.507. The summed E-state index contributed by atoms with van der Waals surface area (Å²) < 4.78 is 12.8. The second-order valence-electron chi connectivity index (χ2n) is 2.46. The SMILES string of the molecule is Cc1ccc(C(F)CN)nc1. The molecule has 1 rings (SSSR count). The summed E-state index contributed by atoms with van der Waals surface area (Å²) in [7, 11) is 0. The lowest BCUT2D eigenvalue weighted by atomic mass is 10.2. The first-order valence-electron chi connectivity index (χ1n) is 3.50. The Bertz CT molecular complexity index is 220. The quantitative estimate of drug-likeness (QED) is 0.698. The summed E-state index contributed by atoms with van der Waals surface area (Å²) in [6.45, 7) is 1.91. The van der Waals surface area contributed by atoms with Gasteiger partial charge in [0.15, 0.2) is 6.17 Å². The predicted molar refractivity (Wildman–Crippen MR) is 41.9 cm³/mol. The number of rotatable bonds is 2. The highest BCUT2D eigenvalue weighted by atomic mass is 19.1. The number of aromatic nitrogens is 1. The third-order valence-electron chi connectivity index (χ3n) is 1.46. The topological polar surface area (TPSA) is 38.9 Å². The first-order valence-corrected chi connectivity index (χ1v) is 3.50. The molecule has 11 heavy (non-hydrogen) atoms. The largest absolute Gasteiger partial charge is 0.327 e. The monoisotopic (exact) mass is 154 g/mol. The van der Waals surface area contributed by atoms with Crippen LogP contribution < -0.4 is 5.73 Å². The molecule has 1 aromatic heterocycles. The van der Waals surface area contributed by atoms with E-state index in [1.165, 1.54) is 0 Å². The maximum Gasteiger partial charge on any atom is 0.154 e. The molecule has 0 spiro atoms. The lowest BCUT2D eigenvalue weighted by Gasteiger charge is -2.03. The first kappa shape index (κ1) is 8.14. The molecule has 0 saturated heterocycles. The van der Waals surface area contributed by atoms with E-state index in [4.69, 9.17) is 5.73 Å². The molecular weight excluding hydrogens is 143 g/mol. The van der Waals surface area contributed by atoms with Crippen LogP contribution >= 0.6 is 0 Å². The van der Waals surface area contributed by atoms with Gasteiger partial charge in [0.1, 0.15) is 0 Å². The summed E-state index contributed by atoms with van der Waals surface area (Å²) in [5, 5.41) is 0. The van der Waals surface area contributed by atoms with Crippen molar-refractivity contribution in [2.45, 2.75) is 13.1 Å². The molecule has 0 bridgehead atoms. The Balaban J connectivity index is 2.81. The van der Waals surface area contributed by atoms with Crippen molar-refractivity contribution in [2.24, 2.45) is 5.73 Å². The predicted octanol–water partition coefficient (Wildman–Crippen LogP) is 1.36. The molecule has 1 heterocycles. The fourth-order valence-corrected chi connectivity index (χ4v) is 0.785. The van der Waals surface area contributed by atoms with Crippen LogP contribution in [0.3, 0.4) is 0 Å². The lowest BCUT2D eigenvalue weighted by molar-refractivity contribution is 0.345. The summed E-state index contributed by atoms with van der Waals surface area (Å²) >= 11 is 0. The Morgan fingerprint density at radius 1 is 1.64 bits per heavy atom. The van der Waals surface area contributed by atoms with Crippen LogP contribution in [0.4, 0.5) is 4.39 Å². The number of nitrogens with two attached hydrogens (primary N) is 1. The van der Waals surface area contributed by atoms with E-state index in [9.17, 15) is 4.39 Å². The molecule has 0 radical (unpaired) electrons. The Hall–Kier alpha value is -0.960. The molecule has 1 atom stereocenters. The number of alkyl halides is 1. The number of pyridine rings is 1. The number of hydrogen-bond donors (Lipinski definition) is 1. The van der Waals surface area contributed by atoms with Crippen LogP contribution in [-0.2, 0) is 0 Å². The van der Waals surface area contributed by atoms with Crippen LogP contribution in [0.15, 0.2) is 18.3 Å². The average molecular weight is 154 g/mol. The van der Waals surface area contributed by atoms with Gasteiger partial charge in [-0.2, -0.15) is 0 Å². The van der Waals surface area contributed by atoms with E-state index in [0.29, 0.717) is 5.69 Å². The molecule has 1 unspecified atom stereocenters.